The molecule has 0 unspecified atom stereocenters. The van der Waals surface area contributed by atoms with Gasteiger partial charge in [0.15, 0.2) is 0 Å². The molecule has 0 spiro atoms. The molecule has 0 aliphatic carbocycles. The zero-order valence-corrected chi connectivity index (χ0v) is 25.4. The van der Waals surface area contributed by atoms with E-state index in [0.717, 1.165) is 27.6 Å². The van der Waals surface area contributed by atoms with Crippen molar-refractivity contribution in [1.29, 1.82) is 0 Å². The molecule has 0 saturated carbocycles. The highest BCUT2D eigenvalue weighted by molar-refractivity contribution is 5.87. The van der Waals surface area contributed by atoms with Gasteiger partial charge in [-0.2, -0.15) is 0 Å². The van der Waals surface area contributed by atoms with Crippen LogP contribution in [0, 0.1) is 11.8 Å². The Hall–Kier alpha value is -4.69. The Morgan fingerprint density at radius 3 is 2.27 bits per heavy atom. The predicted molar refractivity (Wildman–Crippen MR) is 174 cm³/mol. The Balaban J connectivity index is 1.33. The highest BCUT2D eigenvalue weighted by Gasteiger charge is 2.28. The maximum absolute atomic E-state index is 13.7. The predicted octanol–water partition coefficient (Wildman–Crippen LogP) is 4.67. The van der Waals surface area contributed by atoms with Gasteiger partial charge in [-0.1, -0.05) is 91.0 Å². The van der Waals surface area contributed by atoms with Crippen LogP contribution < -0.4 is 10.6 Å². The van der Waals surface area contributed by atoms with Gasteiger partial charge in [0.25, 0.3) is 0 Å². The third kappa shape index (κ3) is 9.16. The Morgan fingerprint density at radius 2 is 1.53 bits per heavy atom. The van der Waals surface area contributed by atoms with E-state index in [1.54, 1.807) is 0 Å². The van der Waals surface area contributed by atoms with E-state index >= 15 is 0 Å². The van der Waals surface area contributed by atoms with E-state index in [9.17, 15) is 19.5 Å². The van der Waals surface area contributed by atoms with E-state index in [4.69, 9.17) is 4.74 Å². The maximum Gasteiger partial charge on any atom is 0.309 e. The number of hydrogen-bond acceptors (Lipinski definition) is 5. The van der Waals surface area contributed by atoms with Gasteiger partial charge in [-0.05, 0) is 54.9 Å². The maximum atomic E-state index is 13.7. The Bertz CT molecular complexity index is 1580. The van der Waals surface area contributed by atoms with Crippen LogP contribution in [0.15, 0.2) is 103 Å². The third-order valence-electron chi connectivity index (χ3n) is 8.29. The summed E-state index contributed by atoms with van der Waals surface area (Å²) < 4.78 is 5.86. The number of rotatable bonds is 10. The molecule has 0 bridgehead atoms. The minimum Gasteiger partial charge on any atom is -0.463 e. The van der Waals surface area contributed by atoms with E-state index in [2.05, 4.69) is 15.6 Å². The number of cyclic esters (lactones) is 1. The molecule has 4 aromatic rings. The summed E-state index contributed by atoms with van der Waals surface area (Å²) in [5.74, 6) is -1.89. The van der Waals surface area contributed by atoms with Crippen LogP contribution in [0.25, 0.3) is 10.9 Å². The van der Waals surface area contributed by atoms with Gasteiger partial charge in [0.05, 0.1) is 30.5 Å². The number of para-hydroxylation sites is 1. The van der Waals surface area contributed by atoms with Gasteiger partial charge >= 0.3 is 5.97 Å². The van der Waals surface area contributed by atoms with Crippen molar-refractivity contribution in [2.75, 3.05) is 13.2 Å². The number of amides is 2. The van der Waals surface area contributed by atoms with Crippen molar-refractivity contribution in [2.24, 2.45) is 11.8 Å². The van der Waals surface area contributed by atoms with Crippen molar-refractivity contribution < 1.29 is 24.2 Å². The number of aromatic amines is 1. The molecule has 1 aromatic heterocycles. The number of nitrogens with one attached hydrogen (secondary N) is 3. The summed E-state index contributed by atoms with van der Waals surface area (Å²) in [5, 5.41) is 17.0. The largest absolute Gasteiger partial charge is 0.463 e. The summed E-state index contributed by atoms with van der Waals surface area (Å²) in [4.78, 5) is 43.4. The average molecular weight is 608 g/mol. The second-order valence-corrected chi connectivity index (χ2v) is 11.8. The number of aliphatic hydroxyl groups excluding tert-OH is 1. The molecule has 3 aromatic carbocycles. The summed E-state index contributed by atoms with van der Waals surface area (Å²) in [5.41, 5.74) is 4.04. The first-order valence-corrected chi connectivity index (χ1v) is 15.6. The van der Waals surface area contributed by atoms with E-state index in [1.165, 1.54) is 0 Å². The molecule has 8 heteroatoms. The normalized spacial score (nSPS) is 20.0. The second-order valence-electron chi connectivity index (χ2n) is 11.8. The fourth-order valence-electron chi connectivity index (χ4n) is 5.87. The first-order valence-electron chi connectivity index (χ1n) is 15.6. The number of aliphatic hydroxyl groups is 1. The number of carbonyl (C=O) groups is 3. The fraction of sp³-hybridized carbons (Fsp3) is 0.324. The molecule has 4 atom stereocenters. The third-order valence-corrected chi connectivity index (χ3v) is 8.29. The van der Waals surface area contributed by atoms with Crippen molar-refractivity contribution in [3.63, 3.8) is 0 Å². The highest BCUT2D eigenvalue weighted by Crippen LogP contribution is 2.22. The minimum absolute atomic E-state index is 0.0155. The summed E-state index contributed by atoms with van der Waals surface area (Å²) in [7, 11) is 0. The fourth-order valence-corrected chi connectivity index (χ4v) is 5.87. The van der Waals surface area contributed by atoms with Crippen molar-refractivity contribution in [3.05, 3.63) is 120 Å². The minimum atomic E-state index is -0.634. The van der Waals surface area contributed by atoms with Gasteiger partial charge in [-0.25, -0.2) is 0 Å². The molecular formula is C37H41N3O5. The summed E-state index contributed by atoms with van der Waals surface area (Å²) >= 11 is 0. The standard InChI is InChI=1S/C37H41N3O5/c41-24-31(20-27-13-5-2-6-14-27)39-35(42)22-28-15-7-8-16-29(19-26-11-3-1-4-12-26)37(44)45-25-32(40-36(28)43)21-30-23-38-34-18-10-9-17-33(30)34/h1-14,17-18,23,28-29,31-32,38,41H,15-16,19-22,24-25H2,(H,39,42)(H,40,43)/t28-,29-,31+,32+/m1/s1. The molecule has 0 fully saturated rings. The number of esters is 1. The lowest BCUT2D eigenvalue weighted by Crippen LogP contribution is -2.46. The number of allylic oxidation sites excluding steroid dienone is 2. The lowest BCUT2D eigenvalue weighted by atomic mass is 9.94. The second kappa shape index (κ2) is 15.9. The quantitative estimate of drug-likeness (QED) is 0.154. The van der Waals surface area contributed by atoms with E-state index in [-0.39, 0.29) is 43.3 Å². The molecule has 5 rings (SSSR count). The van der Waals surface area contributed by atoms with Gasteiger partial charge in [0, 0.05) is 23.5 Å². The Labute approximate surface area is 263 Å². The van der Waals surface area contributed by atoms with Crippen molar-refractivity contribution >= 4 is 28.7 Å². The van der Waals surface area contributed by atoms with Crippen LogP contribution in [0.1, 0.15) is 36.0 Å². The lowest BCUT2D eigenvalue weighted by Gasteiger charge is -2.25. The number of carbonyl (C=O) groups excluding carboxylic acids is 3. The smallest absolute Gasteiger partial charge is 0.309 e. The number of H-pyrrole nitrogens is 1. The van der Waals surface area contributed by atoms with Crippen LogP contribution in [0.5, 0.6) is 0 Å². The van der Waals surface area contributed by atoms with Crippen LogP contribution in [-0.4, -0.2) is 53.2 Å². The molecule has 2 heterocycles. The van der Waals surface area contributed by atoms with Crippen molar-refractivity contribution in [1.82, 2.24) is 15.6 Å². The summed E-state index contributed by atoms with van der Waals surface area (Å²) in [6.45, 7) is -0.195. The van der Waals surface area contributed by atoms with E-state index in [1.807, 2.05) is 103 Å². The van der Waals surface area contributed by atoms with Crippen LogP contribution >= 0.6 is 0 Å². The molecule has 0 saturated heterocycles. The first-order chi connectivity index (χ1) is 22.0. The van der Waals surface area contributed by atoms with Gasteiger partial charge in [-0.15, -0.1) is 0 Å². The Morgan fingerprint density at radius 1 is 0.867 bits per heavy atom. The van der Waals surface area contributed by atoms with Crippen molar-refractivity contribution in [3.8, 4) is 0 Å². The topological polar surface area (TPSA) is 121 Å². The monoisotopic (exact) mass is 607 g/mol. The number of hydrogen-bond donors (Lipinski definition) is 4. The lowest BCUT2D eigenvalue weighted by molar-refractivity contribution is -0.150. The molecule has 1 aliphatic rings. The first kappa shape index (κ1) is 31.7. The number of ether oxygens (including phenoxy) is 1. The van der Waals surface area contributed by atoms with Crippen molar-refractivity contribution in [2.45, 2.75) is 50.6 Å². The molecule has 234 valence electrons. The highest BCUT2D eigenvalue weighted by atomic mass is 16.5. The van der Waals surface area contributed by atoms with E-state index in [0.29, 0.717) is 32.1 Å². The molecular weight excluding hydrogens is 566 g/mol. The van der Waals surface area contributed by atoms with Crippen LogP contribution in [0.2, 0.25) is 0 Å². The number of aromatic nitrogens is 1. The summed E-state index contributed by atoms with van der Waals surface area (Å²) in [6, 6.07) is 26.5. The zero-order chi connectivity index (χ0) is 31.4. The van der Waals surface area contributed by atoms with Gasteiger partial charge in [0.2, 0.25) is 11.8 Å². The molecule has 1 aliphatic heterocycles. The molecule has 4 N–H and O–H groups in total. The zero-order valence-electron chi connectivity index (χ0n) is 25.4. The van der Waals surface area contributed by atoms with Gasteiger partial charge in [0.1, 0.15) is 6.61 Å². The average Bonchev–Trinajstić information content (AvgIpc) is 3.47. The van der Waals surface area contributed by atoms with Gasteiger partial charge < -0.3 is 25.5 Å². The number of fused-ring (bicyclic) bond motifs is 1. The van der Waals surface area contributed by atoms with Gasteiger partial charge in [-0.3, -0.25) is 14.4 Å². The molecule has 8 nitrogen and oxygen atoms in total. The van der Waals surface area contributed by atoms with Crippen LogP contribution in [-0.2, 0) is 38.4 Å². The van der Waals surface area contributed by atoms with E-state index < -0.39 is 18.0 Å². The SMILES string of the molecule is O=C(C[C@H]1CC=CC[C@H](Cc2ccccc2)C(=O)OC[C@H](Cc2c[nH]c3ccccc23)NC1=O)N[C@H](CO)Cc1ccccc1. The van der Waals surface area contributed by atoms with Crippen LogP contribution in [0.3, 0.4) is 0 Å². The number of benzene rings is 3. The molecule has 0 radical (unpaired) electrons. The molecule has 2 amide bonds. The summed E-state index contributed by atoms with van der Waals surface area (Å²) in [6.07, 6.45) is 7.96. The van der Waals surface area contributed by atoms with Crippen LogP contribution in [0.4, 0.5) is 0 Å². The molecule has 45 heavy (non-hydrogen) atoms. The Kier molecular flexibility index (Phi) is 11.2.